The van der Waals surface area contributed by atoms with Crippen LogP contribution in [0.3, 0.4) is 0 Å². The third-order valence-electron chi connectivity index (χ3n) is 2.81. The topological polar surface area (TPSA) is 32.3 Å². The second-order valence-corrected chi connectivity index (χ2v) is 5.52. The maximum absolute atomic E-state index is 12.3. The molecule has 0 aliphatic carbocycles. The first kappa shape index (κ1) is 15.8. The standard InChI is InChI=1S/C12H14BrClN2O.ClH/c1-8-7-16(5-4-15-8)12(17)10-6-9(14)2-3-11(10)13;/h2-3,6,8,15H,4-5,7H2,1H3;1H. The van der Waals surface area contributed by atoms with Crippen LogP contribution in [0.25, 0.3) is 0 Å². The van der Waals surface area contributed by atoms with Crippen LogP contribution in [0.2, 0.25) is 5.02 Å². The summed E-state index contributed by atoms with van der Waals surface area (Å²) in [6, 6.07) is 5.62. The van der Waals surface area contributed by atoms with E-state index in [1.165, 1.54) is 0 Å². The van der Waals surface area contributed by atoms with Gasteiger partial charge in [0, 0.05) is 35.2 Å². The van der Waals surface area contributed by atoms with Crippen molar-refractivity contribution in [1.82, 2.24) is 10.2 Å². The molecule has 1 fully saturated rings. The van der Waals surface area contributed by atoms with Gasteiger partial charge in [0.25, 0.3) is 5.91 Å². The van der Waals surface area contributed by atoms with E-state index in [0.717, 1.165) is 24.1 Å². The molecular formula is C12H15BrCl2N2O. The fraction of sp³-hybridized carbons (Fsp3) is 0.417. The predicted molar refractivity (Wildman–Crippen MR) is 79.8 cm³/mol. The normalized spacial score (nSPS) is 19.3. The van der Waals surface area contributed by atoms with E-state index in [2.05, 4.69) is 28.2 Å². The molecule has 18 heavy (non-hydrogen) atoms. The van der Waals surface area contributed by atoms with Crippen LogP contribution >= 0.6 is 39.9 Å². The number of benzene rings is 1. The molecule has 0 saturated carbocycles. The van der Waals surface area contributed by atoms with E-state index >= 15 is 0 Å². The highest BCUT2D eigenvalue weighted by atomic mass is 79.9. The zero-order valence-corrected chi connectivity index (χ0v) is 13.1. The summed E-state index contributed by atoms with van der Waals surface area (Å²) in [6.45, 7) is 4.39. The Morgan fingerprint density at radius 1 is 1.56 bits per heavy atom. The Morgan fingerprint density at radius 3 is 2.94 bits per heavy atom. The number of nitrogens with one attached hydrogen (secondary N) is 1. The second-order valence-electron chi connectivity index (χ2n) is 4.23. The van der Waals surface area contributed by atoms with Crippen molar-refractivity contribution in [2.45, 2.75) is 13.0 Å². The number of piperazine rings is 1. The summed E-state index contributed by atoms with van der Waals surface area (Å²) in [5.41, 5.74) is 0.631. The van der Waals surface area contributed by atoms with Crippen LogP contribution in [0.5, 0.6) is 0 Å². The van der Waals surface area contributed by atoms with Crippen LogP contribution in [0.15, 0.2) is 22.7 Å². The highest BCUT2D eigenvalue weighted by Gasteiger charge is 2.23. The lowest BCUT2D eigenvalue weighted by Crippen LogP contribution is -2.51. The molecule has 1 aliphatic rings. The van der Waals surface area contributed by atoms with E-state index < -0.39 is 0 Å². The average Bonchev–Trinajstić information content (AvgIpc) is 2.31. The van der Waals surface area contributed by atoms with Gasteiger partial charge in [-0.3, -0.25) is 4.79 Å². The third kappa shape index (κ3) is 3.60. The largest absolute Gasteiger partial charge is 0.336 e. The Bertz CT molecular complexity index is 442. The van der Waals surface area contributed by atoms with Crippen molar-refractivity contribution in [3.8, 4) is 0 Å². The van der Waals surface area contributed by atoms with E-state index in [9.17, 15) is 4.79 Å². The Labute approximate surface area is 126 Å². The van der Waals surface area contributed by atoms with Crippen molar-refractivity contribution in [2.75, 3.05) is 19.6 Å². The molecule has 0 radical (unpaired) electrons. The van der Waals surface area contributed by atoms with Gasteiger partial charge >= 0.3 is 0 Å². The molecule has 0 aromatic heterocycles. The predicted octanol–water partition coefficient (Wildman–Crippen LogP) is 2.96. The molecule has 1 amide bonds. The van der Waals surface area contributed by atoms with Gasteiger partial charge in [0.2, 0.25) is 0 Å². The van der Waals surface area contributed by atoms with E-state index in [0.29, 0.717) is 16.6 Å². The van der Waals surface area contributed by atoms with Crippen molar-refractivity contribution in [3.05, 3.63) is 33.3 Å². The van der Waals surface area contributed by atoms with Crippen LogP contribution in [-0.2, 0) is 0 Å². The highest BCUT2D eigenvalue weighted by molar-refractivity contribution is 9.10. The molecule has 1 aromatic rings. The lowest BCUT2D eigenvalue weighted by molar-refractivity contribution is 0.0708. The third-order valence-corrected chi connectivity index (χ3v) is 3.74. The fourth-order valence-electron chi connectivity index (χ4n) is 1.95. The SMILES string of the molecule is CC1CN(C(=O)c2cc(Cl)ccc2Br)CCN1.Cl. The summed E-state index contributed by atoms with van der Waals surface area (Å²) in [6.07, 6.45) is 0. The monoisotopic (exact) mass is 352 g/mol. The van der Waals surface area contributed by atoms with Gasteiger partial charge in [-0.15, -0.1) is 12.4 Å². The molecule has 1 saturated heterocycles. The molecule has 100 valence electrons. The number of nitrogens with zero attached hydrogens (tertiary/aromatic N) is 1. The lowest BCUT2D eigenvalue weighted by atomic mass is 10.1. The minimum absolute atomic E-state index is 0. The zero-order valence-electron chi connectivity index (χ0n) is 9.95. The van der Waals surface area contributed by atoms with E-state index in [1.54, 1.807) is 18.2 Å². The van der Waals surface area contributed by atoms with E-state index in [-0.39, 0.29) is 18.3 Å². The quantitative estimate of drug-likeness (QED) is 0.841. The summed E-state index contributed by atoms with van der Waals surface area (Å²) in [4.78, 5) is 14.2. The molecule has 1 N–H and O–H groups in total. The highest BCUT2D eigenvalue weighted by Crippen LogP contribution is 2.23. The Morgan fingerprint density at radius 2 is 2.28 bits per heavy atom. The van der Waals surface area contributed by atoms with Crippen molar-refractivity contribution in [3.63, 3.8) is 0 Å². The summed E-state index contributed by atoms with van der Waals surface area (Å²) < 4.78 is 0.790. The minimum atomic E-state index is 0. The van der Waals surface area contributed by atoms with Gasteiger partial charge in [0.15, 0.2) is 0 Å². The summed E-state index contributed by atoms with van der Waals surface area (Å²) in [5, 5.41) is 3.90. The molecule has 2 rings (SSSR count). The van der Waals surface area contributed by atoms with Crippen molar-refractivity contribution < 1.29 is 4.79 Å². The Balaban J connectivity index is 0.00000162. The van der Waals surface area contributed by atoms with Crippen molar-refractivity contribution >= 4 is 45.8 Å². The summed E-state index contributed by atoms with van der Waals surface area (Å²) >= 11 is 9.32. The molecular weight excluding hydrogens is 339 g/mol. The van der Waals surface area contributed by atoms with Gasteiger partial charge in [0.05, 0.1) is 5.56 Å². The molecule has 0 spiro atoms. The maximum Gasteiger partial charge on any atom is 0.255 e. The van der Waals surface area contributed by atoms with Crippen LogP contribution in [0.4, 0.5) is 0 Å². The first-order valence-electron chi connectivity index (χ1n) is 5.55. The second kappa shape index (κ2) is 6.75. The summed E-state index contributed by atoms with van der Waals surface area (Å²) in [7, 11) is 0. The number of hydrogen-bond acceptors (Lipinski definition) is 2. The van der Waals surface area contributed by atoms with Gasteiger partial charge in [-0.2, -0.15) is 0 Å². The maximum atomic E-state index is 12.3. The van der Waals surface area contributed by atoms with Gasteiger partial charge in [-0.1, -0.05) is 11.6 Å². The van der Waals surface area contributed by atoms with Crippen molar-refractivity contribution in [2.24, 2.45) is 0 Å². The van der Waals surface area contributed by atoms with Crippen LogP contribution in [0.1, 0.15) is 17.3 Å². The molecule has 1 aliphatic heterocycles. The molecule has 0 bridgehead atoms. The number of halogens is 3. The van der Waals surface area contributed by atoms with Gasteiger partial charge in [0.1, 0.15) is 0 Å². The smallest absolute Gasteiger partial charge is 0.255 e. The van der Waals surface area contributed by atoms with Crippen LogP contribution in [0, 0.1) is 0 Å². The molecule has 6 heteroatoms. The number of carbonyl (C=O) groups excluding carboxylic acids is 1. The number of hydrogen-bond donors (Lipinski definition) is 1. The number of carbonyl (C=O) groups is 1. The molecule has 3 nitrogen and oxygen atoms in total. The molecule has 1 aromatic carbocycles. The minimum Gasteiger partial charge on any atom is -0.336 e. The van der Waals surface area contributed by atoms with Crippen molar-refractivity contribution in [1.29, 1.82) is 0 Å². The molecule has 1 atom stereocenters. The molecule has 1 heterocycles. The lowest BCUT2D eigenvalue weighted by Gasteiger charge is -2.32. The van der Waals surface area contributed by atoms with Gasteiger partial charge < -0.3 is 10.2 Å². The van der Waals surface area contributed by atoms with Crippen LogP contribution in [-0.4, -0.2) is 36.5 Å². The zero-order chi connectivity index (χ0) is 12.4. The van der Waals surface area contributed by atoms with Crippen LogP contribution < -0.4 is 5.32 Å². The van der Waals surface area contributed by atoms with E-state index in [4.69, 9.17) is 11.6 Å². The number of rotatable bonds is 1. The Hall–Kier alpha value is -0.290. The summed E-state index contributed by atoms with van der Waals surface area (Å²) in [5.74, 6) is 0.0349. The first-order chi connectivity index (χ1) is 8.08. The van der Waals surface area contributed by atoms with Gasteiger partial charge in [-0.25, -0.2) is 0 Å². The van der Waals surface area contributed by atoms with E-state index in [1.807, 2.05) is 4.90 Å². The average molecular weight is 354 g/mol. The Kier molecular flexibility index (Phi) is 5.92. The number of amides is 1. The van der Waals surface area contributed by atoms with Gasteiger partial charge in [-0.05, 0) is 41.1 Å². The molecule has 1 unspecified atom stereocenters. The first-order valence-corrected chi connectivity index (χ1v) is 6.72. The fourth-order valence-corrected chi connectivity index (χ4v) is 2.54.